The van der Waals surface area contributed by atoms with Gasteiger partial charge in [0.1, 0.15) is 11.6 Å². The second-order valence-electron chi connectivity index (χ2n) is 21.8. The molecule has 0 aliphatic carbocycles. The third-order valence-corrected chi connectivity index (χ3v) is 13.6. The molecule has 1 N–H and O–H groups in total. The van der Waals surface area contributed by atoms with Crippen molar-refractivity contribution in [2.75, 3.05) is 0 Å². The minimum absolute atomic E-state index is 0. The summed E-state index contributed by atoms with van der Waals surface area (Å²) in [6.07, 6.45) is 1.86. The van der Waals surface area contributed by atoms with Crippen LogP contribution >= 0.6 is 0 Å². The van der Waals surface area contributed by atoms with Crippen molar-refractivity contribution in [1.29, 1.82) is 0 Å². The monoisotopic (exact) mass is 1120 g/mol. The van der Waals surface area contributed by atoms with Gasteiger partial charge in [-0.25, -0.2) is 4.98 Å². The first-order chi connectivity index (χ1) is 35.1. The Balaban J connectivity index is 0.00000689. The molecule has 0 atom stereocenters. The molecule has 2 heterocycles. The average Bonchev–Trinajstić information content (AvgIpc) is 3.79. The number of phenolic OH excluding ortho intramolecular Hbond substituents is 1. The molecule has 72 heavy (non-hydrogen) atoms. The van der Waals surface area contributed by atoms with Crippen LogP contribution in [0.3, 0.4) is 0 Å². The number of pyridine rings is 1. The molecule has 0 aliphatic heterocycles. The molecule has 0 fully saturated rings. The van der Waals surface area contributed by atoms with E-state index >= 15 is 0 Å². The number of fused-ring (bicyclic) bond motifs is 1. The molecule has 362 valence electrons. The van der Waals surface area contributed by atoms with Crippen LogP contribution in [0.5, 0.6) is 5.75 Å². The van der Waals surface area contributed by atoms with Gasteiger partial charge in [0, 0.05) is 48.2 Å². The van der Waals surface area contributed by atoms with Crippen LogP contribution in [0.1, 0.15) is 88.7 Å². The first kappa shape index (κ1) is 46.0. The van der Waals surface area contributed by atoms with Crippen LogP contribution in [0, 0.1) is 12.9 Å². The number of hydrogen-bond acceptors (Lipinski definition) is 3. The fourth-order valence-electron chi connectivity index (χ4n) is 9.60. The average molecular weight is 1120 g/mol. The quantitative estimate of drug-likeness (QED) is 0.154. The van der Waals surface area contributed by atoms with Gasteiger partial charge in [-0.1, -0.05) is 219 Å². The van der Waals surface area contributed by atoms with Crippen molar-refractivity contribution in [1.82, 2.24) is 14.5 Å². The Bertz CT molecular complexity index is 3690. The number of hydrogen-bond donors (Lipinski definition) is 1. The SMILES string of the molecule is [2H]C([2H])([2H])c1cc(-c2ccc(C(C)(C)C)cc2)c(-n2c(-c3cc(C(C)(C)C)cc(C(C)(C)C)c3O)nc3c(-c4[c-]c(-c5cc(-c6ccccc6)ccn5)cc(-c5ccccc5)c4)cccc32)cc1-c1ccccc1.[Pt]. The Morgan fingerprint density at radius 1 is 0.486 bits per heavy atom. The molecule has 0 unspecified atom stereocenters. The van der Waals surface area contributed by atoms with E-state index in [2.05, 4.69) is 170 Å². The van der Waals surface area contributed by atoms with Crippen LogP contribution in [-0.4, -0.2) is 19.6 Å². The molecular formula is C67H62N3OPt-. The molecule has 10 aromatic rings. The van der Waals surface area contributed by atoms with Gasteiger partial charge < -0.3 is 5.11 Å². The Kier molecular flexibility index (Phi) is 12.4. The number of para-hydroxylation sites is 1. The minimum Gasteiger partial charge on any atom is -0.507 e. The summed E-state index contributed by atoms with van der Waals surface area (Å²) in [5, 5.41) is 12.8. The number of aromatic hydroxyl groups is 1. The molecule has 0 saturated heterocycles. The Hall–Kier alpha value is -7.13. The van der Waals surface area contributed by atoms with Crippen LogP contribution in [0.4, 0.5) is 0 Å². The topological polar surface area (TPSA) is 50.9 Å². The molecule has 0 amide bonds. The van der Waals surface area contributed by atoms with E-state index in [0.29, 0.717) is 28.0 Å². The molecule has 0 bridgehead atoms. The second-order valence-corrected chi connectivity index (χ2v) is 21.8. The largest absolute Gasteiger partial charge is 0.507 e. The molecule has 0 saturated carbocycles. The van der Waals surface area contributed by atoms with E-state index in [-0.39, 0.29) is 43.2 Å². The van der Waals surface area contributed by atoms with E-state index < -0.39 is 12.3 Å². The van der Waals surface area contributed by atoms with Gasteiger partial charge in [-0.05, 0) is 103 Å². The van der Waals surface area contributed by atoms with Crippen LogP contribution in [-0.2, 0) is 37.3 Å². The number of benzene rings is 8. The Labute approximate surface area is 445 Å². The van der Waals surface area contributed by atoms with Gasteiger partial charge in [-0.3, -0.25) is 9.55 Å². The number of imidazole rings is 1. The van der Waals surface area contributed by atoms with E-state index in [4.69, 9.17) is 14.1 Å². The summed E-state index contributed by atoms with van der Waals surface area (Å²) in [4.78, 5) is 10.6. The molecule has 10 rings (SSSR count). The maximum Gasteiger partial charge on any atom is 0.148 e. The van der Waals surface area contributed by atoms with E-state index in [1.165, 1.54) is 0 Å². The minimum atomic E-state index is -2.45. The van der Waals surface area contributed by atoms with Crippen LogP contribution < -0.4 is 0 Å². The summed E-state index contributed by atoms with van der Waals surface area (Å²) in [6, 6.07) is 65.5. The van der Waals surface area contributed by atoms with Crippen molar-refractivity contribution in [3.05, 3.63) is 217 Å². The molecule has 0 spiro atoms. The van der Waals surface area contributed by atoms with Gasteiger partial charge in [-0.2, -0.15) is 0 Å². The molecule has 5 heteroatoms. The summed E-state index contributed by atoms with van der Waals surface area (Å²) >= 11 is 0. The number of phenols is 1. The Morgan fingerprint density at radius 2 is 1.08 bits per heavy atom. The van der Waals surface area contributed by atoms with E-state index in [9.17, 15) is 5.11 Å². The normalized spacial score (nSPS) is 12.8. The predicted octanol–water partition coefficient (Wildman–Crippen LogP) is 17.8. The second kappa shape index (κ2) is 19.5. The summed E-state index contributed by atoms with van der Waals surface area (Å²) in [5.41, 5.74) is 15.6. The summed E-state index contributed by atoms with van der Waals surface area (Å²) in [7, 11) is 0. The summed E-state index contributed by atoms with van der Waals surface area (Å²) < 4.78 is 29.1. The van der Waals surface area contributed by atoms with Gasteiger partial charge in [0.25, 0.3) is 0 Å². The fourth-order valence-corrected chi connectivity index (χ4v) is 9.60. The van der Waals surface area contributed by atoms with Crippen molar-refractivity contribution in [3.63, 3.8) is 0 Å². The van der Waals surface area contributed by atoms with Crippen molar-refractivity contribution in [2.24, 2.45) is 0 Å². The maximum absolute atomic E-state index is 12.8. The third kappa shape index (κ3) is 9.78. The summed E-state index contributed by atoms with van der Waals surface area (Å²) in [5.74, 6) is 0.665. The molecule has 0 aliphatic rings. The van der Waals surface area contributed by atoms with Crippen molar-refractivity contribution >= 4 is 11.0 Å². The first-order valence-corrected chi connectivity index (χ1v) is 24.5. The molecular weight excluding hydrogens is 1060 g/mol. The van der Waals surface area contributed by atoms with E-state index in [0.717, 1.165) is 83.7 Å². The summed E-state index contributed by atoms with van der Waals surface area (Å²) in [6.45, 7) is 17.0. The molecule has 0 radical (unpaired) electrons. The van der Waals surface area contributed by atoms with Gasteiger partial charge in [0.05, 0.1) is 22.3 Å². The molecule has 2 aromatic heterocycles. The van der Waals surface area contributed by atoms with E-state index in [1.807, 2.05) is 91.1 Å². The van der Waals surface area contributed by atoms with Crippen molar-refractivity contribution < 1.29 is 30.3 Å². The van der Waals surface area contributed by atoms with Gasteiger partial charge in [0.2, 0.25) is 0 Å². The number of aryl methyl sites for hydroxylation is 1. The third-order valence-electron chi connectivity index (χ3n) is 13.6. The zero-order valence-electron chi connectivity index (χ0n) is 45.5. The van der Waals surface area contributed by atoms with Crippen LogP contribution in [0.2, 0.25) is 0 Å². The maximum atomic E-state index is 12.8. The van der Waals surface area contributed by atoms with Gasteiger partial charge >= 0.3 is 0 Å². The van der Waals surface area contributed by atoms with Gasteiger partial charge in [0.15, 0.2) is 0 Å². The molecule has 4 nitrogen and oxygen atoms in total. The van der Waals surface area contributed by atoms with Crippen LogP contribution in [0.25, 0.3) is 95.0 Å². The predicted molar refractivity (Wildman–Crippen MR) is 298 cm³/mol. The van der Waals surface area contributed by atoms with Gasteiger partial charge in [-0.15, -0.1) is 23.8 Å². The number of nitrogens with zero attached hydrogens (tertiary/aromatic N) is 3. The molecule has 8 aromatic carbocycles. The Morgan fingerprint density at radius 3 is 1.69 bits per heavy atom. The van der Waals surface area contributed by atoms with Crippen molar-refractivity contribution in [3.8, 4) is 89.7 Å². The fraction of sp³-hybridized carbons (Fsp3) is 0.194. The van der Waals surface area contributed by atoms with E-state index in [1.54, 1.807) is 0 Å². The smallest absolute Gasteiger partial charge is 0.148 e. The zero-order valence-corrected chi connectivity index (χ0v) is 44.8. The first-order valence-electron chi connectivity index (χ1n) is 26.0. The van der Waals surface area contributed by atoms with Crippen molar-refractivity contribution in [2.45, 2.75) is 85.4 Å². The van der Waals surface area contributed by atoms with Crippen LogP contribution in [0.15, 0.2) is 188 Å². The number of aromatic nitrogens is 3. The standard InChI is InChI=1S/C67H62N3O.Pt/c1-43-35-56(47-29-31-52(32-30-47)65(2,3)4)61(42-55(43)46-25-18-13-19-26-46)70-60-28-20-27-54(62(60)69-64(70)57-40-53(66(5,6)7)41-58(63(57)71)67(8,9)10)50-36-49(45-23-16-12-17-24-45)37-51(38-50)59-39-48(33-34-68-59)44-21-14-11-15-22-44;/h11-37,39-42,71H,1-10H3;/q-1;/i1D3;. The number of rotatable bonds is 8. The zero-order chi connectivity index (χ0) is 52.3.